The molecule has 0 fully saturated rings. The van der Waals surface area contributed by atoms with E-state index in [-0.39, 0.29) is 6.04 Å². The predicted octanol–water partition coefficient (Wildman–Crippen LogP) is 2.00. The van der Waals surface area contributed by atoms with Crippen LogP contribution in [-0.2, 0) is 13.6 Å². The maximum Gasteiger partial charge on any atom is 0.231 e. The third-order valence-electron chi connectivity index (χ3n) is 3.27. The SMILES string of the molecule is C[C@H](NCc1cnn(C)c1)c1ccc2c(c1)OCO2. The van der Waals surface area contributed by atoms with Gasteiger partial charge in [0.25, 0.3) is 0 Å². The second kappa shape index (κ2) is 4.93. The summed E-state index contributed by atoms with van der Waals surface area (Å²) >= 11 is 0. The van der Waals surface area contributed by atoms with E-state index in [1.807, 2.05) is 36.3 Å². The number of nitrogens with one attached hydrogen (secondary N) is 1. The summed E-state index contributed by atoms with van der Waals surface area (Å²) in [7, 11) is 1.92. The van der Waals surface area contributed by atoms with Gasteiger partial charge in [0.1, 0.15) is 0 Å². The number of ether oxygens (including phenoxy) is 2. The van der Waals surface area contributed by atoms with Gasteiger partial charge in [0.05, 0.1) is 6.20 Å². The van der Waals surface area contributed by atoms with Gasteiger partial charge in [-0.1, -0.05) is 6.07 Å². The Bertz CT molecular complexity index is 580. The predicted molar refractivity (Wildman–Crippen MR) is 71.0 cm³/mol. The van der Waals surface area contributed by atoms with Crippen molar-refractivity contribution in [3.05, 3.63) is 41.7 Å². The van der Waals surface area contributed by atoms with Crippen LogP contribution in [-0.4, -0.2) is 16.6 Å². The minimum atomic E-state index is 0.245. The van der Waals surface area contributed by atoms with Crippen LogP contribution in [0.1, 0.15) is 24.1 Å². The molecule has 1 atom stereocenters. The van der Waals surface area contributed by atoms with Gasteiger partial charge in [-0.25, -0.2) is 0 Å². The summed E-state index contributed by atoms with van der Waals surface area (Å²) in [6.45, 7) is 3.24. The lowest BCUT2D eigenvalue weighted by atomic mass is 10.1. The molecule has 2 heterocycles. The molecule has 1 aromatic heterocycles. The fourth-order valence-corrected chi connectivity index (χ4v) is 2.13. The van der Waals surface area contributed by atoms with Gasteiger partial charge in [-0.3, -0.25) is 4.68 Å². The first kappa shape index (κ1) is 12.0. The summed E-state index contributed by atoms with van der Waals surface area (Å²) in [4.78, 5) is 0. The van der Waals surface area contributed by atoms with E-state index in [9.17, 15) is 0 Å². The molecule has 1 aliphatic heterocycles. The zero-order valence-electron chi connectivity index (χ0n) is 11.1. The number of benzene rings is 1. The number of fused-ring (bicyclic) bond motifs is 1. The normalized spacial score (nSPS) is 14.6. The van der Waals surface area contributed by atoms with Gasteiger partial charge in [0.15, 0.2) is 11.5 Å². The molecule has 2 aromatic rings. The van der Waals surface area contributed by atoms with E-state index in [1.165, 1.54) is 11.1 Å². The van der Waals surface area contributed by atoms with Crippen LogP contribution in [0.25, 0.3) is 0 Å². The minimum absolute atomic E-state index is 0.245. The van der Waals surface area contributed by atoms with Crippen molar-refractivity contribution < 1.29 is 9.47 Å². The molecule has 0 saturated heterocycles. The second-order valence-electron chi connectivity index (χ2n) is 4.74. The Balaban J connectivity index is 1.65. The van der Waals surface area contributed by atoms with Crippen molar-refractivity contribution >= 4 is 0 Å². The van der Waals surface area contributed by atoms with Crippen LogP contribution >= 0.6 is 0 Å². The highest BCUT2D eigenvalue weighted by Gasteiger charge is 2.15. The van der Waals surface area contributed by atoms with E-state index in [0.717, 1.165) is 18.0 Å². The molecular formula is C14H17N3O2. The van der Waals surface area contributed by atoms with Crippen molar-refractivity contribution in [2.24, 2.45) is 7.05 Å². The first-order valence-electron chi connectivity index (χ1n) is 6.33. The Labute approximate surface area is 112 Å². The van der Waals surface area contributed by atoms with E-state index >= 15 is 0 Å². The highest BCUT2D eigenvalue weighted by Crippen LogP contribution is 2.34. The number of rotatable bonds is 4. The molecule has 0 amide bonds. The van der Waals surface area contributed by atoms with Gasteiger partial charge in [-0.15, -0.1) is 0 Å². The molecule has 0 bridgehead atoms. The zero-order valence-corrected chi connectivity index (χ0v) is 11.1. The fourth-order valence-electron chi connectivity index (χ4n) is 2.13. The highest BCUT2D eigenvalue weighted by molar-refractivity contribution is 5.45. The molecule has 1 N–H and O–H groups in total. The number of hydrogen-bond donors (Lipinski definition) is 1. The van der Waals surface area contributed by atoms with E-state index < -0.39 is 0 Å². The summed E-state index contributed by atoms with van der Waals surface area (Å²) in [6.07, 6.45) is 3.89. The topological polar surface area (TPSA) is 48.3 Å². The molecule has 0 unspecified atom stereocenters. The number of aromatic nitrogens is 2. The van der Waals surface area contributed by atoms with Gasteiger partial charge >= 0.3 is 0 Å². The van der Waals surface area contributed by atoms with Crippen LogP contribution in [0.5, 0.6) is 11.5 Å². The maximum atomic E-state index is 5.39. The molecule has 5 nitrogen and oxygen atoms in total. The Hall–Kier alpha value is -2.01. The molecular weight excluding hydrogens is 242 g/mol. The lowest BCUT2D eigenvalue weighted by molar-refractivity contribution is 0.174. The minimum Gasteiger partial charge on any atom is -0.454 e. The van der Waals surface area contributed by atoms with E-state index in [2.05, 4.69) is 23.4 Å². The Morgan fingerprint density at radius 1 is 1.37 bits per heavy atom. The lowest BCUT2D eigenvalue weighted by Gasteiger charge is -2.14. The zero-order chi connectivity index (χ0) is 13.2. The Kier molecular flexibility index (Phi) is 3.13. The van der Waals surface area contributed by atoms with Crippen molar-refractivity contribution in [3.63, 3.8) is 0 Å². The number of nitrogens with zero attached hydrogens (tertiary/aromatic N) is 2. The van der Waals surface area contributed by atoms with Crippen LogP contribution in [0.15, 0.2) is 30.6 Å². The smallest absolute Gasteiger partial charge is 0.231 e. The van der Waals surface area contributed by atoms with E-state index in [0.29, 0.717) is 6.79 Å². The van der Waals surface area contributed by atoms with Crippen molar-refractivity contribution in [1.29, 1.82) is 0 Å². The highest BCUT2D eigenvalue weighted by atomic mass is 16.7. The standard InChI is InChI=1S/C14H17N3O2/c1-10(15-6-11-7-16-17(2)8-11)12-3-4-13-14(5-12)19-9-18-13/h3-5,7-8,10,15H,6,9H2,1-2H3/t10-/m0/s1. The van der Waals surface area contributed by atoms with Crippen molar-refractivity contribution in [2.75, 3.05) is 6.79 Å². The van der Waals surface area contributed by atoms with Gasteiger partial charge < -0.3 is 14.8 Å². The fraction of sp³-hybridized carbons (Fsp3) is 0.357. The lowest BCUT2D eigenvalue weighted by Crippen LogP contribution is -2.17. The molecule has 1 aliphatic rings. The molecule has 1 aromatic carbocycles. The molecule has 0 saturated carbocycles. The van der Waals surface area contributed by atoms with Crippen LogP contribution in [0.4, 0.5) is 0 Å². The summed E-state index contributed by atoms with van der Waals surface area (Å²) < 4.78 is 12.5. The first-order chi connectivity index (χ1) is 9.22. The third-order valence-corrected chi connectivity index (χ3v) is 3.27. The summed E-state index contributed by atoms with van der Waals surface area (Å²) in [6, 6.07) is 6.30. The second-order valence-corrected chi connectivity index (χ2v) is 4.74. The van der Waals surface area contributed by atoms with Crippen molar-refractivity contribution in [2.45, 2.75) is 19.5 Å². The molecule has 5 heteroatoms. The third kappa shape index (κ3) is 2.56. The summed E-state index contributed by atoms with van der Waals surface area (Å²) in [5.41, 5.74) is 2.36. The van der Waals surface area contributed by atoms with Crippen LogP contribution < -0.4 is 14.8 Å². The monoisotopic (exact) mass is 259 g/mol. The van der Waals surface area contributed by atoms with E-state index in [1.54, 1.807) is 0 Å². The number of hydrogen-bond acceptors (Lipinski definition) is 4. The van der Waals surface area contributed by atoms with Crippen molar-refractivity contribution in [3.8, 4) is 11.5 Å². The molecule has 19 heavy (non-hydrogen) atoms. The summed E-state index contributed by atoms with van der Waals surface area (Å²) in [5, 5.41) is 7.62. The molecule has 3 rings (SSSR count). The first-order valence-corrected chi connectivity index (χ1v) is 6.33. The van der Waals surface area contributed by atoms with Crippen LogP contribution in [0, 0.1) is 0 Å². The molecule has 0 radical (unpaired) electrons. The Morgan fingerprint density at radius 3 is 3.00 bits per heavy atom. The molecule has 0 aliphatic carbocycles. The van der Waals surface area contributed by atoms with Gasteiger partial charge in [-0.2, -0.15) is 5.10 Å². The van der Waals surface area contributed by atoms with Crippen LogP contribution in [0.2, 0.25) is 0 Å². The summed E-state index contributed by atoms with van der Waals surface area (Å²) in [5.74, 6) is 1.65. The average Bonchev–Trinajstić information content (AvgIpc) is 3.03. The largest absolute Gasteiger partial charge is 0.454 e. The van der Waals surface area contributed by atoms with Crippen molar-refractivity contribution in [1.82, 2.24) is 15.1 Å². The average molecular weight is 259 g/mol. The van der Waals surface area contributed by atoms with Gasteiger partial charge in [0.2, 0.25) is 6.79 Å². The quantitative estimate of drug-likeness (QED) is 0.912. The van der Waals surface area contributed by atoms with E-state index in [4.69, 9.17) is 9.47 Å². The number of aryl methyl sites for hydroxylation is 1. The Morgan fingerprint density at radius 2 is 2.21 bits per heavy atom. The van der Waals surface area contributed by atoms with Gasteiger partial charge in [0, 0.05) is 31.4 Å². The van der Waals surface area contributed by atoms with Crippen LogP contribution in [0.3, 0.4) is 0 Å². The maximum absolute atomic E-state index is 5.39. The molecule has 0 spiro atoms. The molecule has 100 valence electrons. The van der Waals surface area contributed by atoms with Gasteiger partial charge in [-0.05, 0) is 24.6 Å².